The van der Waals surface area contributed by atoms with Crippen LogP contribution in [-0.4, -0.2) is 20.5 Å². The first kappa shape index (κ1) is 12.5. The van der Waals surface area contributed by atoms with E-state index in [9.17, 15) is 21.6 Å². The fraction of sp³-hybridized carbons (Fsp3) is 0.333. The first-order valence-corrected chi connectivity index (χ1v) is 6.43. The Kier molecular flexibility index (Phi) is 2.78. The van der Waals surface area contributed by atoms with Gasteiger partial charge in [0.1, 0.15) is 0 Å². The standard InChI is InChI=1S/C9H7ClF3NO2S/c10-7-2-1-6-3-4-14(8(6)5-7)17(15,16)9(11,12)13/h1-2,5H,3-4H2. The Morgan fingerprint density at radius 3 is 2.53 bits per heavy atom. The van der Waals surface area contributed by atoms with Crippen molar-refractivity contribution in [3.8, 4) is 0 Å². The van der Waals surface area contributed by atoms with Crippen LogP contribution in [0.25, 0.3) is 0 Å². The van der Waals surface area contributed by atoms with Crippen molar-refractivity contribution in [1.82, 2.24) is 0 Å². The van der Waals surface area contributed by atoms with E-state index < -0.39 is 15.5 Å². The molecule has 8 heteroatoms. The summed E-state index contributed by atoms with van der Waals surface area (Å²) in [5, 5.41) is 0.202. The number of benzene rings is 1. The summed E-state index contributed by atoms with van der Waals surface area (Å²) >= 11 is 5.65. The summed E-state index contributed by atoms with van der Waals surface area (Å²) in [4.78, 5) is 0. The second-order valence-electron chi connectivity index (χ2n) is 3.55. The number of fused-ring (bicyclic) bond motifs is 1. The van der Waals surface area contributed by atoms with Crippen LogP contribution < -0.4 is 4.31 Å². The monoisotopic (exact) mass is 285 g/mol. The molecule has 0 spiro atoms. The molecule has 0 radical (unpaired) electrons. The van der Waals surface area contributed by atoms with E-state index in [1.54, 1.807) is 0 Å². The summed E-state index contributed by atoms with van der Waals surface area (Å²) in [5.74, 6) is 0. The van der Waals surface area contributed by atoms with Crippen LogP contribution in [0.2, 0.25) is 5.02 Å². The van der Waals surface area contributed by atoms with Crippen LogP contribution in [0.5, 0.6) is 0 Å². The zero-order chi connectivity index (χ0) is 12.8. The average Bonchev–Trinajstić information content (AvgIpc) is 2.58. The van der Waals surface area contributed by atoms with E-state index in [-0.39, 0.29) is 23.7 Å². The summed E-state index contributed by atoms with van der Waals surface area (Å²) < 4.78 is 60.2. The molecular formula is C9H7ClF3NO2S. The van der Waals surface area contributed by atoms with Crippen molar-refractivity contribution in [1.29, 1.82) is 0 Å². The van der Waals surface area contributed by atoms with Gasteiger partial charge in [-0.1, -0.05) is 17.7 Å². The van der Waals surface area contributed by atoms with Crippen LogP contribution in [0, 0.1) is 0 Å². The molecule has 0 atom stereocenters. The molecule has 1 aromatic carbocycles. The molecule has 0 N–H and O–H groups in total. The third kappa shape index (κ3) is 1.97. The number of nitrogens with zero attached hydrogens (tertiary/aromatic N) is 1. The molecule has 0 amide bonds. The summed E-state index contributed by atoms with van der Waals surface area (Å²) in [7, 11) is -5.33. The Bertz CT molecular complexity index is 556. The topological polar surface area (TPSA) is 37.4 Å². The van der Waals surface area contributed by atoms with Crippen LogP contribution >= 0.6 is 11.6 Å². The van der Waals surface area contributed by atoms with E-state index >= 15 is 0 Å². The molecule has 1 aromatic rings. The van der Waals surface area contributed by atoms with Gasteiger partial charge in [0.25, 0.3) is 0 Å². The summed E-state index contributed by atoms with van der Waals surface area (Å²) in [6, 6.07) is 4.28. The number of alkyl halides is 3. The highest BCUT2D eigenvalue weighted by atomic mass is 35.5. The van der Waals surface area contributed by atoms with Crippen molar-refractivity contribution in [3.63, 3.8) is 0 Å². The third-order valence-corrected chi connectivity index (χ3v) is 4.26. The molecule has 0 saturated carbocycles. The summed E-state index contributed by atoms with van der Waals surface area (Å²) in [6.07, 6.45) is 0.252. The van der Waals surface area contributed by atoms with E-state index in [0.29, 0.717) is 9.87 Å². The minimum atomic E-state index is -5.33. The molecule has 1 aliphatic heterocycles. The van der Waals surface area contributed by atoms with Crippen molar-refractivity contribution in [2.45, 2.75) is 11.9 Å². The minimum Gasteiger partial charge on any atom is -0.262 e. The molecule has 17 heavy (non-hydrogen) atoms. The minimum absolute atomic E-state index is 0.00910. The van der Waals surface area contributed by atoms with Gasteiger partial charge in [0.05, 0.1) is 5.69 Å². The van der Waals surface area contributed by atoms with Crippen molar-refractivity contribution in [2.24, 2.45) is 0 Å². The lowest BCUT2D eigenvalue weighted by atomic mass is 10.2. The Balaban J connectivity index is 2.51. The van der Waals surface area contributed by atoms with Crippen molar-refractivity contribution in [3.05, 3.63) is 28.8 Å². The summed E-state index contributed by atoms with van der Waals surface area (Å²) in [5.41, 5.74) is -4.74. The predicted molar refractivity (Wildman–Crippen MR) is 57.5 cm³/mol. The fourth-order valence-electron chi connectivity index (χ4n) is 1.70. The maximum atomic E-state index is 12.4. The number of hydrogen-bond acceptors (Lipinski definition) is 2. The Morgan fingerprint density at radius 1 is 1.29 bits per heavy atom. The van der Waals surface area contributed by atoms with Gasteiger partial charge in [-0.2, -0.15) is 21.6 Å². The highest BCUT2D eigenvalue weighted by Crippen LogP contribution is 2.37. The molecule has 0 aliphatic carbocycles. The molecule has 0 unspecified atom stereocenters. The Labute approximate surface area is 101 Å². The highest BCUT2D eigenvalue weighted by Gasteiger charge is 2.51. The Morgan fingerprint density at radius 2 is 1.94 bits per heavy atom. The number of sulfonamides is 1. The SMILES string of the molecule is O=S(=O)(N1CCc2ccc(Cl)cc21)C(F)(F)F. The zero-order valence-corrected chi connectivity index (χ0v) is 9.90. The van der Waals surface area contributed by atoms with Gasteiger partial charge in [-0.3, -0.25) is 4.31 Å². The van der Waals surface area contributed by atoms with Gasteiger partial charge >= 0.3 is 15.5 Å². The molecular weight excluding hydrogens is 279 g/mol. The van der Waals surface area contributed by atoms with Gasteiger partial charge < -0.3 is 0 Å². The van der Waals surface area contributed by atoms with Crippen molar-refractivity contribution < 1.29 is 21.6 Å². The first-order chi connectivity index (χ1) is 7.73. The largest absolute Gasteiger partial charge is 0.516 e. The van der Waals surface area contributed by atoms with Gasteiger partial charge in [-0.15, -0.1) is 0 Å². The van der Waals surface area contributed by atoms with Crippen LogP contribution in [0.4, 0.5) is 18.9 Å². The molecule has 94 valence electrons. The van der Waals surface area contributed by atoms with E-state index in [0.717, 1.165) is 0 Å². The van der Waals surface area contributed by atoms with Gasteiger partial charge in [-0.05, 0) is 24.1 Å². The average molecular weight is 286 g/mol. The van der Waals surface area contributed by atoms with E-state index in [2.05, 4.69) is 0 Å². The molecule has 1 heterocycles. The fourth-order valence-corrected chi connectivity index (χ4v) is 2.87. The van der Waals surface area contributed by atoms with Gasteiger partial charge in [0.15, 0.2) is 0 Å². The maximum Gasteiger partial charge on any atom is 0.516 e. The number of anilines is 1. The van der Waals surface area contributed by atoms with E-state index in [1.807, 2.05) is 0 Å². The normalized spacial score (nSPS) is 16.1. The van der Waals surface area contributed by atoms with Crippen LogP contribution in [-0.2, 0) is 16.4 Å². The van der Waals surface area contributed by atoms with Crippen molar-refractivity contribution in [2.75, 3.05) is 10.8 Å². The van der Waals surface area contributed by atoms with Crippen LogP contribution in [0.3, 0.4) is 0 Å². The lowest BCUT2D eigenvalue weighted by Crippen LogP contribution is -2.39. The first-order valence-electron chi connectivity index (χ1n) is 4.61. The quantitative estimate of drug-likeness (QED) is 0.795. The number of rotatable bonds is 1. The third-order valence-electron chi connectivity index (χ3n) is 2.48. The second kappa shape index (κ2) is 3.78. The molecule has 0 fully saturated rings. The number of halogens is 4. The summed E-state index contributed by atoms with van der Waals surface area (Å²) in [6.45, 7) is -0.211. The van der Waals surface area contributed by atoms with Gasteiger partial charge in [-0.25, -0.2) is 0 Å². The van der Waals surface area contributed by atoms with E-state index in [4.69, 9.17) is 11.6 Å². The van der Waals surface area contributed by atoms with Gasteiger partial charge in [0.2, 0.25) is 0 Å². The Hall–Kier alpha value is -0.950. The smallest absolute Gasteiger partial charge is 0.262 e. The maximum absolute atomic E-state index is 12.4. The zero-order valence-electron chi connectivity index (χ0n) is 8.33. The lowest BCUT2D eigenvalue weighted by molar-refractivity contribution is -0.0437. The second-order valence-corrected chi connectivity index (χ2v) is 5.84. The van der Waals surface area contributed by atoms with Crippen LogP contribution in [0.1, 0.15) is 5.56 Å². The molecule has 0 saturated heterocycles. The predicted octanol–water partition coefficient (Wildman–Crippen LogP) is 2.55. The number of hydrogen-bond donors (Lipinski definition) is 0. The molecule has 0 bridgehead atoms. The molecule has 3 nitrogen and oxygen atoms in total. The highest BCUT2D eigenvalue weighted by molar-refractivity contribution is 7.93. The van der Waals surface area contributed by atoms with Gasteiger partial charge in [0, 0.05) is 11.6 Å². The molecule has 1 aliphatic rings. The molecule has 2 rings (SSSR count). The lowest BCUT2D eigenvalue weighted by Gasteiger charge is -2.20. The van der Waals surface area contributed by atoms with Crippen LogP contribution in [0.15, 0.2) is 18.2 Å². The van der Waals surface area contributed by atoms with E-state index in [1.165, 1.54) is 18.2 Å². The molecule has 0 aromatic heterocycles. The van der Waals surface area contributed by atoms with Crippen molar-refractivity contribution >= 4 is 27.3 Å².